The number of carbonyl (C=O) groups excluding carboxylic acids is 1. The maximum atomic E-state index is 12.3. The van der Waals surface area contributed by atoms with Gasteiger partial charge < -0.3 is 25.3 Å². The second kappa shape index (κ2) is 10.6. The van der Waals surface area contributed by atoms with E-state index in [0.29, 0.717) is 32.1 Å². The number of hydrogen-bond acceptors (Lipinski definition) is 5. The Balaban J connectivity index is 2.09. The monoisotopic (exact) mass is 415 g/mol. The molecule has 30 heavy (non-hydrogen) atoms. The van der Waals surface area contributed by atoms with Crippen molar-refractivity contribution < 1.29 is 9.53 Å². The summed E-state index contributed by atoms with van der Waals surface area (Å²) in [6.45, 7) is 9.60. The molecule has 1 amide bonds. The molecule has 0 aliphatic heterocycles. The predicted octanol–water partition coefficient (Wildman–Crippen LogP) is 1.53. The van der Waals surface area contributed by atoms with Crippen LogP contribution >= 0.6 is 0 Å². The Bertz CT molecular complexity index is 857. The summed E-state index contributed by atoms with van der Waals surface area (Å²) in [6, 6.07) is 7.77. The van der Waals surface area contributed by atoms with E-state index in [0.717, 1.165) is 23.0 Å². The van der Waals surface area contributed by atoms with Gasteiger partial charge >= 0.3 is 0 Å². The molecule has 3 N–H and O–H groups in total. The van der Waals surface area contributed by atoms with Crippen molar-refractivity contribution in [2.24, 2.45) is 17.5 Å². The molecule has 2 rings (SSSR count). The SMILES string of the molecule is CCNC(=O)C(C)(C)CNC(=NCc1ccc(OC)cc1)NCc1nnc(C)n1C. The lowest BCUT2D eigenvalue weighted by Crippen LogP contribution is -2.47. The third kappa shape index (κ3) is 6.47. The average Bonchev–Trinajstić information content (AvgIpc) is 3.06. The first-order valence-electron chi connectivity index (χ1n) is 10.0. The van der Waals surface area contributed by atoms with Gasteiger partial charge in [0.2, 0.25) is 5.91 Å². The van der Waals surface area contributed by atoms with Crippen LogP contribution in [0.2, 0.25) is 0 Å². The van der Waals surface area contributed by atoms with Crippen molar-refractivity contribution in [2.75, 3.05) is 20.2 Å². The van der Waals surface area contributed by atoms with Crippen LogP contribution in [0.25, 0.3) is 0 Å². The molecule has 0 unspecified atom stereocenters. The third-order valence-corrected chi connectivity index (χ3v) is 4.83. The first-order chi connectivity index (χ1) is 14.3. The Labute approximate surface area is 178 Å². The lowest BCUT2D eigenvalue weighted by Gasteiger charge is -2.25. The van der Waals surface area contributed by atoms with Gasteiger partial charge in [-0.2, -0.15) is 0 Å². The van der Waals surface area contributed by atoms with Gasteiger partial charge in [-0.1, -0.05) is 12.1 Å². The number of guanidine groups is 1. The van der Waals surface area contributed by atoms with E-state index in [4.69, 9.17) is 4.74 Å². The van der Waals surface area contributed by atoms with Crippen LogP contribution in [0, 0.1) is 12.3 Å². The summed E-state index contributed by atoms with van der Waals surface area (Å²) >= 11 is 0. The molecule has 0 aliphatic carbocycles. The van der Waals surface area contributed by atoms with Gasteiger partial charge in [-0.15, -0.1) is 10.2 Å². The molecule has 1 heterocycles. The van der Waals surface area contributed by atoms with E-state index < -0.39 is 5.41 Å². The van der Waals surface area contributed by atoms with Crippen molar-refractivity contribution in [1.82, 2.24) is 30.7 Å². The number of hydrogen-bond donors (Lipinski definition) is 3. The van der Waals surface area contributed by atoms with Crippen LogP contribution in [0.4, 0.5) is 0 Å². The molecule has 0 saturated heterocycles. The van der Waals surface area contributed by atoms with Crippen LogP contribution in [0.1, 0.15) is 38.0 Å². The second-order valence-corrected chi connectivity index (χ2v) is 7.69. The minimum absolute atomic E-state index is 0.00377. The molecule has 0 spiro atoms. The number of nitrogens with one attached hydrogen (secondary N) is 3. The standard InChI is InChI=1S/C21H33N7O2/c1-7-22-19(29)21(3,4)14-25-20(24-13-18-27-26-15(2)28(18)5)23-12-16-8-10-17(30-6)11-9-16/h8-11H,7,12-14H2,1-6H3,(H,22,29)(H2,23,24,25). The zero-order valence-corrected chi connectivity index (χ0v) is 18.7. The number of aliphatic imine (C=N–C) groups is 1. The van der Waals surface area contributed by atoms with Gasteiger partial charge in [0, 0.05) is 20.1 Å². The fraction of sp³-hybridized carbons (Fsp3) is 0.524. The van der Waals surface area contributed by atoms with Crippen molar-refractivity contribution in [3.05, 3.63) is 41.5 Å². The molecular weight excluding hydrogens is 382 g/mol. The number of ether oxygens (including phenoxy) is 1. The van der Waals surface area contributed by atoms with E-state index in [1.54, 1.807) is 7.11 Å². The van der Waals surface area contributed by atoms with E-state index in [9.17, 15) is 4.79 Å². The molecule has 1 aromatic heterocycles. The highest BCUT2D eigenvalue weighted by atomic mass is 16.5. The molecule has 0 saturated carbocycles. The maximum absolute atomic E-state index is 12.3. The third-order valence-electron chi connectivity index (χ3n) is 4.83. The average molecular weight is 416 g/mol. The molecule has 1 aromatic carbocycles. The number of methoxy groups -OCH3 is 1. The summed E-state index contributed by atoms with van der Waals surface area (Å²) < 4.78 is 7.12. The van der Waals surface area contributed by atoms with Crippen molar-refractivity contribution >= 4 is 11.9 Å². The summed E-state index contributed by atoms with van der Waals surface area (Å²) in [4.78, 5) is 17.0. The topological polar surface area (TPSA) is 105 Å². The summed E-state index contributed by atoms with van der Waals surface area (Å²) in [5, 5.41) is 17.7. The normalized spacial score (nSPS) is 11.9. The molecule has 0 aliphatic rings. The van der Waals surface area contributed by atoms with Crippen LogP contribution in [0.15, 0.2) is 29.3 Å². The van der Waals surface area contributed by atoms with E-state index in [2.05, 4.69) is 31.1 Å². The lowest BCUT2D eigenvalue weighted by molar-refractivity contribution is -0.128. The summed E-state index contributed by atoms with van der Waals surface area (Å²) in [7, 11) is 3.57. The molecule has 0 fully saturated rings. The lowest BCUT2D eigenvalue weighted by atomic mass is 9.92. The summed E-state index contributed by atoms with van der Waals surface area (Å²) in [6.07, 6.45) is 0. The molecule has 9 heteroatoms. The van der Waals surface area contributed by atoms with Gasteiger partial charge in [-0.25, -0.2) is 4.99 Å². The number of nitrogens with zero attached hydrogens (tertiary/aromatic N) is 4. The van der Waals surface area contributed by atoms with Crippen molar-refractivity contribution in [2.45, 2.75) is 40.8 Å². The second-order valence-electron chi connectivity index (χ2n) is 7.69. The molecule has 0 radical (unpaired) electrons. The Morgan fingerprint density at radius 1 is 1.17 bits per heavy atom. The van der Waals surface area contributed by atoms with Crippen molar-refractivity contribution in [3.8, 4) is 5.75 Å². The van der Waals surface area contributed by atoms with E-state index in [1.165, 1.54) is 0 Å². The fourth-order valence-electron chi connectivity index (χ4n) is 2.63. The number of benzene rings is 1. The quantitative estimate of drug-likeness (QED) is 0.424. The Kier molecular flexibility index (Phi) is 8.20. The smallest absolute Gasteiger partial charge is 0.227 e. The molecule has 2 aromatic rings. The summed E-state index contributed by atoms with van der Waals surface area (Å²) in [5.74, 6) is 3.05. The number of aryl methyl sites for hydroxylation is 1. The largest absolute Gasteiger partial charge is 0.497 e. The highest BCUT2D eigenvalue weighted by Crippen LogP contribution is 2.14. The van der Waals surface area contributed by atoms with Crippen LogP contribution in [0.5, 0.6) is 5.75 Å². The van der Waals surface area contributed by atoms with Gasteiger partial charge in [0.05, 0.1) is 25.6 Å². The minimum atomic E-state index is -0.583. The number of aromatic nitrogens is 3. The van der Waals surface area contributed by atoms with Crippen LogP contribution in [-0.4, -0.2) is 46.8 Å². The zero-order chi connectivity index (χ0) is 22.1. The predicted molar refractivity (Wildman–Crippen MR) is 117 cm³/mol. The van der Waals surface area contributed by atoms with Crippen molar-refractivity contribution in [1.29, 1.82) is 0 Å². The highest BCUT2D eigenvalue weighted by molar-refractivity contribution is 5.84. The molecule has 0 atom stereocenters. The zero-order valence-electron chi connectivity index (χ0n) is 18.7. The Morgan fingerprint density at radius 3 is 2.43 bits per heavy atom. The Hall–Kier alpha value is -3.10. The Morgan fingerprint density at radius 2 is 1.87 bits per heavy atom. The van der Waals surface area contributed by atoms with Crippen LogP contribution in [0.3, 0.4) is 0 Å². The first-order valence-corrected chi connectivity index (χ1v) is 10.0. The molecule has 0 bridgehead atoms. The highest BCUT2D eigenvalue weighted by Gasteiger charge is 2.27. The molecule has 164 valence electrons. The van der Waals surface area contributed by atoms with E-state index >= 15 is 0 Å². The molecular formula is C21H33N7O2. The maximum Gasteiger partial charge on any atom is 0.227 e. The van der Waals surface area contributed by atoms with Gasteiger partial charge in [-0.05, 0) is 45.4 Å². The number of amides is 1. The first kappa shape index (κ1) is 23.2. The van der Waals surface area contributed by atoms with Crippen LogP contribution in [-0.2, 0) is 24.9 Å². The van der Waals surface area contributed by atoms with E-state index in [1.807, 2.05) is 63.6 Å². The minimum Gasteiger partial charge on any atom is -0.497 e. The van der Waals surface area contributed by atoms with Gasteiger partial charge in [-0.3, -0.25) is 4.79 Å². The number of rotatable bonds is 9. The van der Waals surface area contributed by atoms with Gasteiger partial charge in [0.15, 0.2) is 11.8 Å². The summed E-state index contributed by atoms with van der Waals surface area (Å²) in [5.41, 5.74) is 0.467. The van der Waals surface area contributed by atoms with Gasteiger partial charge in [0.1, 0.15) is 11.6 Å². The van der Waals surface area contributed by atoms with Crippen LogP contribution < -0.4 is 20.7 Å². The fourth-order valence-corrected chi connectivity index (χ4v) is 2.63. The molecule has 9 nitrogen and oxygen atoms in total. The number of carbonyl (C=O) groups is 1. The van der Waals surface area contributed by atoms with Crippen molar-refractivity contribution in [3.63, 3.8) is 0 Å². The van der Waals surface area contributed by atoms with Gasteiger partial charge in [0.25, 0.3) is 0 Å². The van der Waals surface area contributed by atoms with E-state index in [-0.39, 0.29) is 5.91 Å².